The fourth-order valence-electron chi connectivity index (χ4n) is 2.88. The van der Waals surface area contributed by atoms with Gasteiger partial charge in [0.25, 0.3) is 5.91 Å². The van der Waals surface area contributed by atoms with Crippen LogP contribution in [0.2, 0.25) is 0 Å². The standard InChI is InChI=1S/C17H22N2O5/c1-6-17(13-9-7-8-12(4)10-13)14(20)18(15(21)23-5)19(17)16(22)24-11(2)3/h7-11H,6H2,1-5H3/t17-/m1/s1. The van der Waals surface area contributed by atoms with E-state index in [1.807, 2.05) is 25.1 Å². The minimum atomic E-state index is -1.27. The quantitative estimate of drug-likeness (QED) is 0.849. The molecule has 0 aromatic heterocycles. The molecule has 1 heterocycles. The van der Waals surface area contributed by atoms with Crippen LogP contribution in [0.5, 0.6) is 0 Å². The second kappa shape index (κ2) is 6.51. The van der Waals surface area contributed by atoms with Crippen molar-refractivity contribution in [2.24, 2.45) is 0 Å². The first kappa shape index (κ1) is 17.8. The summed E-state index contributed by atoms with van der Waals surface area (Å²) in [5, 5.41) is 1.74. The molecule has 0 unspecified atom stereocenters. The van der Waals surface area contributed by atoms with Crippen molar-refractivity contribution in [1.82, 2.24) is 10.0 Å². The van der Waals surface area contributed by atoms with Gasteiger partial charge in [-0.15, -0.1) is 5.01 Å². The van der Waals surface area contributed by atoms with E-state index in [1.165, 1.54) is 0 Å². The van der Waals surface area contributed by atoms with Crippen LogP contribution in [0.4, 0.5) is 9.59 Å². The molecule has 7 heteroatoms. The highest BCUT2D eigenvalue weighted by Gasteiger charge is 2.65. The van der Waals surface area contributed by atoms with Crippen molar-refractivity contribution in [2.45, 2.75) is 45.8 Å². The summed E-state index contributed by atoms with van der Waals surface area (Å²) in [6, 6.07) is 7.29. The second-order valence-electron chi connectivity index (χ2n) is 5.91. The largest absolute Gasteiger partial charge is 0.451 e. The molecule has 0 spiro atoms. The lowest BCUT2D eigenvalue weighted by Gasteiger charge is -2.54. The lowest BCUT2D eigenvalue weighted by molar-refractivity contribution is -0.203. The summed E-state index contributed by atoms with van der Waals surface area (Å²) in [6.07, 6.45) is -1.77. The molecule has 1 aliphatic heterocycles. The molecule has 2 rings (SSSR count). The molecule has 0 radical (unpaired) electrons. The van der Waals surface area contributed by atoms with E-state index in [0.29, 0.717) is 17.0 Å². The highest BCUT2D eigenvalue weighted by molar-refractivity contribution is 6.06. The third-order valence-electron chi connectivity index (χ3n) is 3.97. The summed E-state index contributed by atoms with van der Waals surface area (Å²) in [6.45, 7) is 7.07. The number of aryl methyl sites for hydroxylation is 1. The van der Waals surface area contributed by atoms with E-state index in [1.54, 1.807) is 26.8 Å². The molecular formula is C17H22N2O5. The third kappa shape index (κ3) is 2.60. The normalized spacial score (nSPS) is 20.0. The number of rotatable bonds is 3. The number of carbonyl (C=O) groups excluding carboxylic acids is 3. The van der Waals surface area contributed by atoms with Crippen molar-refractivity contribution < 1.29 is 23.9 Å². The Morgan fingerprint density at radius 2 is 1.92 bits per heavy atom. The summed E-state index contributed by atoms with van der Waals surface area (Å²) in [7, 11) is 1.15. The molecule has 1 atom stereocenters. The smallest absolute Gasteiger partial charge is 0.436 e. The third-order valence-corrected chi connectivity index (χ3v) is 3.97. The number of imide groups is 1. The molecule has 1 aromatic rings. The van der Waals surface area contributed by atoms with E-state index in [0.717, 1.165) is 17.7 Å². The second-order valence-corrected chi connectivity index (χ2v) is 5.91. The molecule has 24 heavy (non-hydrogen) atoms. The summed E-state index contributed by atoms with van der Waals surface area (Å²) in [4.78, 5) is 37.3. The van der Waals surface area contributed by atoms with Crippen molar-refractivity contribution >= 4 is 18.1 Å². The molecule has 0 bridgehead atoms. The Hall–Kier alpha value is -2.57. The number of carbonyl (C=O) groups is 3. The van der Waals surface area contributed by atoms with Gasteiger partial charge in [-0.1, -0.05) is 36.8 Å². The molecule has 0 N–H and O–H groups in total. The van der Waals surface area contributed by atoms with Gasteiger partial charge in [0, 0.05) is 0 Å². The lowest BCUT2D eigenvalue weighted by Crippen LogP contribution is -2.77. The highest BCUT2D eigenvalue weighted by atomic mass is 16.6. The van der Waals surface area contributed by atoms with Gasteiger partial charge in [0.1, 0.15) is 0 Å². The maximum absolute atomic E-state index is 12.8. The van der Waals surface area contributed by atoms with Gasteiger partial charge in [0.2, 0.25) is 0 Å². The maximum atomic E-state index is 12.8. The van der Waals surface area contributed by atoms with E-state index in [2.05, 4.69) is 4.74 Å². The van der Waals surface area contributed by atoms with Gasteiger partial charge in [-0.3, -0.25) is 4.79 Å². The summed E-state index contributed by atoms with van der Waals surface area (Å²) >= 11 is 0. The summed E-state index contributed by atoms with van der Waals surface area (Å²) < 4.78 is 9.85. The molecule has 130 valence electrons. The van der Waals surface area contributed by atoms with Crippen LogP contribution >= 0.6 is 0 Å². The zero-order valence-corrected chi connectivity index (χ0v) is 14.5. The van der Waals surface area contributed by atoms with Crippen LogP contribution < -0.4 is 0 Å². The lowest BCUT2D eigenvalue weighted by atomic mass is 9.81. The first-order valence-electron chi connectivity index (χ1n) is 7.80. The predicted octanol–water partition coefficient (Wildman–Crippen LogP) is 2.97. The van der Waals surface area contributed by atoms with Gasteiger partial charge < -0.3 is 9.47 Å². The molecule has 0 aliphatic carbocycles. The van der Waals surface area contributed by atoms with Crippen molar-refractivity contribution in [3.8, 4) is 0 Å². The SMILES string of the molecule is CC[C@@]1(c2cccc(C)c2)C(=O)N(C(=O)OC)N1C(=O)OC(C)C. The van der Waals surface area contributed by atoms with E-state index in [-0.39, 0.29) is 6.10 Å². The van der Waals surface area contributed by atoms with E-state index in [4.69, 9.17) is 4.74 Å². The molecule has 1 fully saturated rings. The average Bonchev–Trinajstić information content (AvgIpc) is 2.52. The monoisotopic (exact) mass is 334 g/mol. The molecule has 0 saturated carbocycles. The number of hydrazine groups is 1. The van der Waals surface area contributed by atoms with Gasteiger partial charge in [-0.05, 0) is 32.8 Å². The fraction of sp³-hybridized carbons (Fsp3) is 0.471. The maximum Gasteiger partial charge on any atom is 0.436 e. The Bertz CT molecular complexity index is 673. The highest BCUT2D eigenvalue weighted by Crippen LogP contribution is 2.44. The Morgan fingerprint density at radius 3 is 2.42 bits per heavy atom. The fourth-order valence-corrected chi connectivity index (χ4v) is 2.88. The van der Waals surface area contributed by atoms with Crippen LogP contribution in [0.3, 0.4) is 0 Å². The van der Waals surface area contributed by atoms with Crippen LogP contribution in [0.25, 0.3) is 0 Å². The molecule has 1 aromatic carbocycles. The summed E-state index contributed by atoms with van der Waals surface area (Å²) in [5.41, 5.74) is 0.310. The number of methoxy groups -OCH3 is 1. The van der Waals surface area contributed by atoms with Crippen LogP contribution in [-0.2, 0) is 19.8 Å². The van der Waals surface area contributed by atoms with E-state index < -0.39 is 23.6 Å². The average molecular weight is 334 g/mol. The number of amides is 3. The first-order valence-corrected chi connectivity index (χ1v) is 7.80. The van der Waals surface area contributed by atoms with Gasteiger partial charge >= 0.3 is 12.2 Å². The van der Waals surface area contributed by atoms with Crippen molar-refractivity contribution in [2.75, 3.05) is 7.11 Å². The molecule has 7 nitrogen and oxygen atoms in total. The number of hydrogen-bond acceptors (Lipinski definition) is 5. The number of nitrogens with zero attached hydrogens (tertiary/aromatic N) is 2. The molecule has 1 aliphatic rings. The zero-order chi connectivity index (χ0) is 18.1. The first-order chi connectivity index (χ1) is 11.3. The van der Waals surface area contributed by atoms with Crippen LogP contribution in [0.1, 0.15) is 38.3 Å². The number of benzene rings is 1. The van der Waals surface area contributed by atoms with Gasteiger partial charge in [-0.2, -0.15) is 5.01 Å². The van der Waals surface area contributed by atoms with Crippen molar-refractivity contribution in [1.29, 1.82) is 0 Å². The minimum Gasteiger partial charge on any atom is -0.451 e. The minimum absolute atomic E-state index is 0.302. The van der Waals surface area contributed by atoms with E-state index >= 15 is 0 Å². The van der Waals surface area contributed by atoms with Gasteiger partial charge in [-0.25, -0.2) is 9.59 Å². The van der Waals surface area contributed by atoms with Crippen LogP contribution in [-0.4, -0.2) is 41.3 Å². The number of ether oxygens (including phenoxy) is 2. The molecule has 3 amide bonds. The van der Waals surface area contributed by atoms with Crippen molar-refractivity contribution in [3.63, 3.8) is 0 Å². The predicted molar refractivity (Wildman–Crippen MR) is 85.9 cm³/mol. The molecular weight excluding hydrogens is 312 g/mol. The Labute approximate surface area is 141 Å². The Kier molecular flexibility index (Phi) is 4.82. The molecule has 1 saturated heterocycles. The zero-order valence-electron chi connectivity index (χ0n) is 14.5. The van der Waals surface area contributed by atoms with Gasteiger partial charge in [0.05, 0.1) is 13.2 Å². The Balaban J connectivity index is 2.53. The van der Waals surface area contributed by atoms with E-state index in [9.17, 15) is 14.4 Å². The van der Waals surface area contributed by atoms with Crippen molar-refractivity contribution in [3.05, 3.63) is 35.4 Å². The van der Waals surface area contributed by atoms with Gasteiger partial charge in [0.15, 0.2) is 5.54 Å². The number of hydrogen-bond donors (Lipinski definition) is 0. The van der Waals surface area contributed by atoms with Crippen LogP contribution in [0.15, 0.2) is 24.3 Å². The summed E-state index contributed by atoms with van der Waals surface area (Å²) in [5.74, 6) is -0.511. The van der Waals surface area contributed by atoms with Crippen LogP contribution in [0, 0.1) is 6.92 Å². The Morgan fingerprint density at radius 1 is 1.25 bits per heavy atom. The topological polar surface area (TPSA) is 76.2 Å².